The molecule has 2 amide bonds. The number of benzene rings is 2. The third-order valence-electron chi connectivity index (χ3n) is 6.13. The molecule has 2 unspecified atom stereocenters. The zero-order chi connectivity index (χ0) is 22.9. The number of unbranched alkanes of at least 4 members (excludes halogenated alkanes) is 1. The molecule has 1 aliphatic heterocycles. The van der Waals surface area contributed by atoms with Gasteiger partial charge in [-0.1, -0.05) is 43.7 Å². The van der Waals surface area contributed by atoms with Gasteiger partial charge in [0.1, 0.15) is 11.5 Å². The number of amides is 2. The van der Waals surface area contributed by atoms with Crippen molar-refractivity contribution in [2.45, 2.75) is 45.1 Å². The Morgan fingerprint density at radius 1 is 1.09 bits per heavy atom. The van der Waals surface area contributed by atoms with Gasteiger partial charge in [-0.15, -0.1) is 0 Å². The molecule has 2 atom stereocenters. The molecule has 32 heavy (non-hydrogen) atoms. The first-order valence-corrected chi connectivity index (χ1v) is 11.4. The van der Waals surface area contributed by atoms with Crippen LogP contribution in [0.25, 0.3) is 0 Å². The van der Waals surface area contributed by atoms with Gasteiger partial charge in [0, 0.05) is 25.1 Å². The summed E-state index contributed by atoms with van der Waals surface area (Å²) in [4.78, 5) is 28.0. The predicted octanol–water partition coefficient (Wildman–Crippen LogP) is 4.14. The Labute approximate surface area is 190 Å². The van der Waals surface area contributed by atoms with Crippen LogP contribution in [0.3, 0.4) is 0 Å². The fourth-order valence-electron chi connectivity index (χ4n) is 4.37. The van der Waals surface area contributed by atoms with E-state index in [2.05, 4.69) is 12.2 Å². The van der Waals surface area contributed by atoms with Crippen molar-refractivity contribution >= 4 is 11.8 Å². The number of ether oxygens (including phenoxy) is 2. The van der Waals surface area contributed by atoms with Crippen molar-refractivity contribution in [1.82, 2.24) is 10.2 Å². The molecule has 0 bridgehead atoms. The van der Waals surface area contributed by atoms with Crippen molar-refractivity contribution in [1.29, 1.82) is 0 Å². The SMILES string of the molecule is CCCCN1C(=O)CCC(C(=O)NCCc2ccc(OC)cc2)C1c1ccccc1OC. The number of nitrogens with zero attached hydrogens (tertiary/aromatic N) is 1. The van der Waals surface area contributed by atoms with E-state index in [9.17, 15) is 9.59 Å². The number of nitrogens with one attached hydrogen (secondary N) is 1. The zero-order valence-electron chi connectivity index (χ0n) is 19.3. The highest BCUT2D eigenvalue weighted by atomic mass is 16.5. The van der Waals surface area contributed by atoms with Gasteiger partial charge in [-0.05, 0) is 43.0 Å². The maximum Gasteiger partial charge on any atom is 0.225 e. The lowest BCUT2D eigenvalue weighted by molar-refractivity contribution is -0.143. The highest BCUT2D eigenvalue weighted by Crippen LogP contribution is 2.40. The number of rotatable bonds is 10. The Kier molecular flexibility index (Phi) is 8.54. The van der Waals surface area contributed by atoms with E-state index >= 15 is 0 Å². The minimum Gasteiger partial charge on any atom is -0.497 e. The molecule has 3 rings (SSSR count). The average molecular weight is 439 g/mol. The first-order chi connectivity index (χ1) is 15.6. The molecule has 1 heterocycles. The van der Waals surface area contributed by atoms with Crippen LogP contribution >= 0.6 is 0 Å². The summed E-state index contributed by atoms with van der Waals surface area (Å²) in [6.45, 7) is 3.30. The van der Waals surface area contributed by atoms with Crippen molar-refractivity contribution in [2.24, 2.45) is 5.92 Å². The molecule has 172 valence electrons. The third-order valence-corrected chi connectivity index (χ3v) is 6.13. The lowest BCUT2D eigenvalue weighted by Gasteiger charge is -2.41. The van der Waals surface area contributed by atoms with Gasteiger partial charge in [-0.25, -0.2) is 0 Å². The second-order valence-electron chi connectivity index (χ2n) is 8.16. The topological polar surface area (TPSA) is 67.9 Å². The van der Waals surface area contributed by atoms with Crippen LogP contribution in [0.5, 0.6) is 11.5 Å². The first kappa shape index (κ1) is 23.6. The number of likely N-dealkylation sites (tertiary alicyclic amines) is 1. The second kappa shape index (κ2) is 11.6. The molecule has 0 saturated carbocycles. The van der Waals surface area contributed by atoms with Crippen molar-refractivity contribution in [3.8, 4) is 11.5 Å². The molecule has 1 aliphatic rings. The molecule has 1 N–H and O–H groups in total. The summed E-state index contributed by atoms with van der Waals surface area (Å²) < 4.78 is 10.8. The van der Waals surface area contributed by atoms with E-state index in [4.69, 9.17) is 9.47 Å². The number of methoxy groups -OCH3 is 2. The lowest BCUT2D eigenvalue weighted by atomic mass is 9.83. The van der Waals surface area contributed by atoms with Gasteiger partial charge in [-0.3, -0.25) is 9.59 Å². The second-order valence-corrected chi connectivity index (χ2v) is 8.16. The van der Waals surface area contributed by atoms with Gasteiger partial charge in [0.2, 0.25) is 11.8 Å². The summed E-state index contributed by atoms with van der Waals surface area (Å²) in [6.07, 6.45) is 3.56. The van der Waals surface area contributed by atoms with Crippen LogP contribution in [-0.2, 0) is 16.0 Å². The molecule has 0 aromatic heterocycles. The van der Waals surface area contributed by atoms with Crippen LogP contribution in [0.1, 0.15) is 49.8 Å². The van der Waals surface area contributed by atoms with Gasteiger partial charge < -0.3 is 19.7 Å². The zero-order valence-corrected chi connectivity index (χ0v) is 19.3. The monoisotopic (exact) mass is 438 g/mol. The van der Waals surface area contributed by atoms with Crippen LogP contribution in [0.2, 0.25) is 0 Å². The van der Waals surface area contributed by atoms with Crippen molar-refractivity contribution in [3.63, 3.8) is 0 Å². The highest BCUT2D eigenvalue weighted by Gasteiger charge is 2.41. The fraction of sp³-hybridized carbons (Fsp3) is 0.462. The van der Waals surface area contributed by atoms with E-state index in [1.165, 1.54) is 0 Å². The van der Waals surface area contributed by atoms with Crippen LogP contribution < -0.4 is 14.8 Å². The number of hydrogen-bond donors (Lipinski definition) is 1. The first-order valence-electron chi connectivity index (χ1n) is 11.4. The van der Waals surface area contributed by atoms with E-state index in [0.717, 1.165) is 36.1 Å². The smallest absolute Gasteiger partial charge is 0.225 e. The van der Waals surface area contributed by atoms with Gasteiger partial charge in [-0.2, -0.15) is 0 Å². The number of carbonyl (C=O) groups is 2. The van der Waals surface area contributed by atoms with E-state index in [1.54, 1.807) is 14.2 Å². The maximum absolute atomic E-state index is 13.3. The summed E-state index contributed by atoms with van der Waals surface area (Å²) >= 11 is 0. The molecule has 0 spiro atoms. The molecular weight excluding hydrogens is 404 g/mol. The molecule has 2 aromatic carbocycles. The Morgan fingerprint density at radius 2 is 1.84 bits per heavy atom. The van der Waals surface area contributed by atoms with Gasteiger partial charge >= 0.3 is 0 Å². The quantitative estimate of drug-likeness (QED) is 0.605. The maximum atomic E-state index is 13.3. The summed E-state index contributed by atoms with van der Waals surface area (Å²) in [5.41, 5.74) is 2.03. The molecule has 6 heteroatoms. The number of piperidine rings is 1. The van der Waals surface area contributed by atoms with E-state index < -0.39 is 0 Å². The third kappa shape index (κ3) is 5.61. The van der Waals surface area contributed by atoms with Gasteiger partial charge in [0.25, 0.3) is 0 Å². The van der Waals surface area contributed by atoms with Crippen molar-refractivity contribution in [3.05, 3.63) is 59.7 Å². The summed E-state index contributed by atoms with van der Waals surface area (Å²) in [7, 11) is 3.27. The van der Waals surface area contributed by atoms with Crippen molar-refractivity contribution < 1.29 is 19.1 Å². The molecule has 1 fully saturated rings. The molecule has 1 saturated heterocycles. The number of hydrogen-bond acceptors (Lipinski definition) is 4. The van der Waals surface area contributed by atoms with Crippen LogP contribution in [-0.4, -0.2) is 44.0 Å². The molecular formula is C26H34N2O4. The molecule has 2 aromatic rings. The van der Waals surface area contributed by atoms with Crippen LogP contribution in [0.15, 0.2) is 48.5 Å². The van der Waals surface area contributed by atoms with E-state index in [0.29, 0.717) is 31.7 Å². The van der Waals surface area contributed by atoms with E-state index in [-0.39, 0.29) is 23.8 Å². The molecule has 0 aliphatic carbocycles. The standard InChI is InChI=1S/C26H34N2O4/c1-4-5-18-28-24(29)15-14-22(25(28)21-8-6-7-9-23(21)32-3)26(30)27-17-16-19-10-12-20(31-2)13-11-19/h6-13,22,25H,4-5,14-18H2,1-3H3,(H,27,30). The van der Waals surface area contributed by atoms with Crippen molar-refractivity contribution in [2.75, 3.05) is 27.3 Å². The highest BCUT2D eigenvalue weighted by molar-refractivity contribution is 5.85. The summed E-state index contributed by atoms with van der Waals surface area (Å²) in [5.74, 6) is 1.32. The van der Waals surface area contributed by atoms with Crippen LogP contribution in [0, 0.1) is 5.92 Å². The number of carbonyl (C=O) groups excluding carboxylic acids is 2. The lowest BCUT2D eigenvalue weighted by Crippen LogP contribution is -2.48. The average Bonchev–Trinajstić information content (AvgIpc) is 2.83. The minimum atomic E-state index is -0.320. The minimum absolute atomic E-state index is 0.0107. The molecule has 0 radical (unpaired) electrons. The largest absolute Gasteiger partial charge is 0.497 e. The van der Waals surface area contributed by atoms with Gasteiger partial charge in [0.05, 0.1) is 26.2 Å². The fourth-order valence-corrected chi connectivity index (χ4v) is 4.37. The Bertz CT molecular complexity index is 897. The normalized spacial score (nSPS) is 18.3. The van der Waals surface area contributed by atoms with Crippen LogP contribution in [0.4, 0.5) is 0 Å². The van der Waals surface area contributed by atoms with Gasteiger partial charge in [0.15, 0.2) is 0 Å². The molecule has 6 nitrogen and oxygen atoms in total. The summed E-state index contributed by atoms with van der Waals surface area (Å²) in [5, 5.41) is 3.11. The predicted molar refractivity (Wildman–Crippen MR) is 125 cm³/mol. The number of para-hydroxylation sites is 1. The summed E-state index contributed by atoms with van der Waals surface area (Å²) in [6, 6.07) is 15.3. The Hall–Kier alpha value is -3.02. The Morgan fingerprint density at radius 3 is 2.53 bits per heavy atom. The Balaban J connectivity index is 1.76. The van der Waals surface area contributed by atoms with E-state index in [1.807, 2.05) is 53.4 Å².